The first-order valence-corrected chi connectivity index (χ1v) is 12.8. The lowest BCUT2D eigenvalue weighted by molar-refractivity contribution is -0.156. The molecule has 1 aromatic rings. The van der Waals surface area contributed by atoms with E-state index in [1.54, 1.807) is 12.7 Å². The molecule has 0 radical (unpaired) electrons. The molecule has 1 aromatic carbocycles. The van der Waals surface area contributed by atoms with Crippen LogP contribution in [0.3, 0.4) is 0 Å². The fourth-order valence-corrected chi connectivity index (χ4v) is 6.32. The van der Waals surface area contributed by atoms with Crippen LogP contribution in [-0.2, 0) is 16.0 Å². The van der Waals surface area contributed by atoms with Crippen molar-refractivity contribution in [3.63, 3.8) is 0 Å². The maximum atomic E-state index is 12.6. The van der Waals surface area contributed by atoms with Crippen LogP contribution in [0.4, 0.5) is 0 Å². The zero-order valence-corrected chi connectivity index (χ0v) is 19.8. The number of carbonyl (C=O) groups is 1. The Labute approximate surface area is 185 Å². The van der Waals surface area contributed by atoms with Crippen molar-refractivity contribution in [2.45, 2.75) is 110 Å². The molecule has 2 aliphatic carbocycles. The summed E-state index contributed by atoms with van der Waals surface area (Å²) in [6.45, 7) is 4.48. The topological polar surface area (TPSA) is 26.3 Å². The SMILES string of the molecule is CCCCCC1(C(=O)OC)CCC(C2CCC(c3ccc(CCC)cc3)CC2)CC1. The number of carbonyl (C=O) groups excluding carboxylic acids is 1. The number of aryl methyl sites for hydroxylation is 1. The molecular weight excluding hydrogens is 368 g/mol. The van der Waals surface area contributed by atoms with Crippen molar-refractivity contribution in [1.82, 2.24) is 0 Å². The van der Waals surface area contributed by atoms with Gasteiger partial charge in [0.25, 0.3) is 0 Å². The highest BCUT2D eigenvalue weighted by Gasteiger charge is 2.43. The molecule has 168 valence electrons. The van der Waals surface area contributed by atoms with Gasteiger partial charge in [-0.2, -0.15) is 0 Å². The van der Waals surface area contributed by atoms with E-state index in [4.69, 9.17) is 4.74 Å². The quantitative estimate of drug-likeness (QED) is 0.305. The molecule has 2 aliphatic rings. The lowest BCUT2D eigenvalue weighted by Gasteiger charge is -2.42. The van der Waals surface area contributed by atoms with E-state index < -0.39 is 0 Å². The van der Waals surface area contributed by atoms with Gasteiger partial charge < -0.3 is 4.74 Å². The van der Waals surface area contributed by atoms with E-state index in [0.717, 1.165) is 37.0 Å². The molecule has 0 bridgehead atoms. The first-order chi connectivity index (χ1) is 14.6. The second-order valence-corrected chi connectivity index (χ2v) is 10.2. The summed E-state index contributed by atoms with van der Waals surface area (Å²) < 4.78 is 5.25. The Morgan fingerprint density at radius 2 is 1.53 bits per heavy atom. The van der Waals surface area contributed by atoms with Gasteiger partial charge in [0, 0.05) is 0 Å². The van der Waals surface area contributed by atoms with Crippen LogP contribution in [0.5, 0.6) is 0 Å². The van der Waals surface area contributed by atoms with Gasteiger partial charge in [0.2, 0.25) is 0 Å². The fraction of sp³-hybridized carbons (Fsp3) is 0.750. The normalized spacial score (nSPS) is 29.5. The highest BCUT2D eigenvalue weighted by Crippen LogP contribution is 2.49. The molecule has 0 atom stereocenters. The van der Waals surface area contributed by atoms with Crippen LogP contribution in [0.1, 0.15) is 114 Å². The number of esters is 1. The summed E-state index contributed by atoms with van der Waals surface area (Å²) in [7, 11) is 1.58. The van der Waals surface area contributed by atoms with Gasteiger partial charge in [0.1, 0.15) is 0 Å². The van der Waals surface area contributed by atoms with Crippen molar-refractivity contribution >= 4 is 5.97 Å². The van der Waals surface area contributed by atoms with Crippen molar-refractivity contribution < 1.29 is 9.53 Å². The van der Waals surface area contributed by atoms with E-state index in [9.17, 15) is 4.79 Å². The summed E-state index contributed by atoms with van der Waals surface area (Å²) in [5.74, 6) is 2.50. The fourth-order valence-electron chi connectivity index (χ4n) is 6.32. The molecule has 0 N–H and O–H groups in total. The summed E-state index contributed by atoms with van der Waals surface area (Å²) in [5.41, 5.74) is 2.85. The Morgan fingerprint density at radius 3 is 2.10 bits per heavy atom. The van der Waals surface area contributed by atoms with Crippen LogP contribution in [0.15, 0.2) is 24.3 Å². The van der Waals surface area contributed by atoms with Crippen LogP contribution in [-0.4, -0.2) is 13.1 Å². The van der Waals surface area contributed by atoms with Crippen LogP contribution in [0, 0.1) is 17.3 Å². The maximum absolute atomic E-state index is 12.6. The molecule has 0 saturated heterocycles. The van der Waals surface area contributed by atoms with Gasteiger partial charge in [-0.05, 0) is 93.1 Å². The summed E-state index contributed by atoms with van der Waals surface area (Å²) >= 11 is 0. The molecule has 0 aliphatic heterocycles. The average molecular weight is 413 g/mol. The minimum Gasteiger partial charge on any atom is -0.469 e. The Hall–Kier alpha value is -1.31. The number of benzene rings is 1. The number of unbranched alkanes of at least 4 members (excludes halogenated alkanes) is 2. The molecule has 0 heterocycles. The number of ether oxygens (including phenoxy) is 1. The van der Waals surface area contributed by atoms with Gasteiger partial charge in [-0.15, -0.1) is 0 Å². The summed E-state index contributed by atoms with van der Waals surface area (Å²) in [6.07, 6.45) is 17.0. The second-order valence-electron chi connectivity index (χ2n) is 10.2. The van der Waals surface area contributed by atoms with Gasteiger partial charge in [-0.1, -0.05) is 63.8 Å². The van der Waals surface area contributed by atoms with Gasteiger partial charge in [0.05, 0.1) is 12.5 Å². The highest BCUT2D eigenvalue weighted by atomic mass is 16.5. The number of hydrogen-bond acceptors (Lipinski definition) is 2. The molecule has 2 heteroatoms. The first-order valence-electron chi connectivity index (χ1n) is 12.8. The largest absolute Gasteiger partial charge is 0.469 e. The monoisotopic (exact) mass is 412 g/mol. The first kappa shape index (κ1) is 23.4. The molecule has 2 saturated carbocycles. The minimum absolute atomic E-state index is 0.0623. The summed E-state index contributed by atoms with van der Waals surface area (Å²) in [5, 5.41) is 0. The number of rotatable bonds is 9. The molecule has 2 nitrogen and oxygen atoms in total. The predicted molar refractivity (Wildman–Crippen MR) is 126 cm³/mol. The molecule has 0 aromatic heterocycles. The third-order valence-corrected chi connectivity index (χ3v) is 8.29. The third kappa shape index (κ3) is 5.68. The van der Waals surface area contributed by atoms with Gasteiger partial charge in [-0.25, -0.2) is 0 Å². The van der Waals surface area contributed by atoms with E-state index in [2.05, 4.69) is 38.1 Å². The van der Waals surface area contributed by atoms with Crippen molar-refractivity contribution in [3.05, 3.63) is 35.4 Å². The van der Waals surface area contributed by atoms with Crippen molar-refractivity contribution in [3.8, 4) is 0 Å². The standard InChI is InChI=1S/C28H44O2/c1-4-6-7-19-28(27(29)30-3)20-17-26(18-21-28)25-15-13-24(14-16-25)23-11-9-22(8-5-2)10-12-23/h9-12,24-26H,4-8,13-21H2,1-3H3. The van der Waals surface area contributed by atoms with E-state index in [1.807, 2.05) is 0 Å². The lowest BCUT2D eigenvalue weighted by Crippen LogP contribution is -2.38. The Kier molecular flexibility index (Phi) is 8.84. The molecule has 0 amide bonds. The van der Waals surface area contributed by atoms with E-state index in [1.165, 1.54) is 76.2 Å². The molecule has 0 spiro atoms. The van der Waals surface area contributed by atoms with Gasteiger partial charge >= 0.3 is 5.97 Å². The lowest BCUT2D eigenvalue weighted by atomic mass is 9.62. The second kappa shape index (κ2) is 11.3. The Morgan fingerprint density at radius 1 is 0.900 bits per heavy atom. The summed E-state index contributed by atoms with van der Waals surface area (Å²) in [6, 6.07) is 9.46. The number of methoxy groups -OCH3 is 1. The predicted octanol–water partition coefficient (Wildman–Crippen LogP) is 7.84. The number of hydrogen-bond donors (Lipinski definition) is 0. The van der Waals surface area contributed by atoms with E-state index in [-0.39, 0.29) is 11.4 Å². The molecule has 0 unspecified atom stereocenters. The smallest absolute Gasteiger partial charge is 0.311 e. The molecule has 30 heavy (non-hydrogen) atoms. The summed E-state index contributed by atoms with van der Waals surface area (Å²) in [4.78, 5) is 12.6. The van der Waals surface area contributed by atoms with Crippen molar-refractivity contribution in [2.75, 3.05) is 7.11 Å². The van der Waals surface area contributed by atoms with Gasteiger partial charge in [0.15, 0.2) is 0 Å². The molecule has 2 fully saturated rings. The third-order valence-electron chi connectivity index (χ3n) is 8.29. The maximum Gasteiger partial charge on any atom is 0.311 e. The van der Waals surface area contributed by atoms with Crippen LogP contribution in [0.2, 0.25) is 0 Å². The minimum atomic E-state index is -0.183. The van der Waals surface area contributed by atoms with E-state index >= 15 is 0 Å². The Balaban J connectivity index is 1.50. The van der Waals surface area contributed by atoms with Crippen LogP contribution in [0.25, 0.3) is 0 Å². The zero-order valence-electron chi connectivity index (χ0n) is 19.8. The van der Waals surface area contributed by atoms with Crippen molar-refractivity contribution in [1.29, 1.82) is 0 Å². The molecule has 3 rings (SSSR count). The van der Waals surface area contributed by atoms with Crippen molar-refractivity contribution in [2.24, 2.45) is 17.3 Å². The Bertz CT molecular complexity index is 631. The van der Waals surface area contributed by atoms with Crippen LogP contribution >= 0.6 is 0 Å². The molecular formula is C28H44O2. The van der Waals surface area contributed by atoms with Crippen LogP contribution < -0.4 is 0 Å². The highest BCUT2D eigenvalue weighted by molar-refractivity contribution is 5.76. The van der Waals surface area contributed by atoms with E-state index in [0.29, 0.717) is 0 Å². The van der Waals surface area contributed by atoms with Gasteiger partial charge in [-0.3, -0.25) is 4.79 Å². The zero-order chi connectivity index (χ0) is 21.4. The average Bonchev–Trinajstić information content (AvgIpc) is 2.80.